The summed E-state index contributed by atoms with van der Waals surface area (Å²) in [6, 6.07) is 7.50. The molecule has 0 unspecified atom stereocenters. The van der Waals surface area contributed by atoms with E-state index in [1.54, 1.807) is 24.7 Å². The van der Waals surface area contributed by atoms with Crippen molar-refractivity contribution < 1.29 is 4.79 Å². The number of Topliss-reactive ketones (excluding diaryl/α,β-unsaturated/α-hetero) is 1. The molecule has 23 heavy (non-hydrogen) atoms. The SMILES string of the molecule is CC(=O)/C(C#N)=C/Cc1c[nH]c2ncc(-c3ccccn3)nc12. The van der Waals surface area contributed by atoms with Crippen LogP contribution in [0.2, 0.25) is 0 Å². The Hall–Kier alpha value is -3.33. The zero-order chi connectivity index (χ0) is 16.2. The van der Waals surface area contributed by atoms with Crippen LogP contribution in [0.5, 0.6) is 0 Å². The number of nitriles is 1. The molecule has 0 aliphatic heterocycles. The normalized spacial score (nSPS) is 11.4. The Bertz CT molecular complexity index is 935. The van der Waals surface area contributed by atoms with E-state index < -0.39 is 0 Å². The van der Waals surface area contributed by atoms with Gasteiger partial charge in [-0.1, -0.05) is 12.1 Å². The van der Waals surface area contributed by atoms with Crippen LogP contribution in [0.15, 0.2) is 48.4 Å². The van der Waals surface area contributed by atoms with Crippen LogP contribution in [0, 0.1) is 11.3 Å². The highest BCUT2D eigenvalue weighted by Crippen LogP contribution is 2.20. The second kappa shape index (κ2) is 6.20. The molecule has 0 aromatic carbocycles. The molecule has 0 saturated heterocycles. The average molecular weight is 303 g/mol. The predicted molar refractivity (Wildman–Crippen MR) is 85.2 cm³/mol. The fraction of sp³-hybridized carbons (Fsp3) is 0.118. The number of hydrogen-bond donors (Lipinski definition) is 1. The maximum Gasteiger partial charge on any atom is 0.169 e. The zero-order valence-electron chi connectivity index (χ0n) is 12.4. The van der Waals surface area contributed by atoms with Crippen LogP contribution in [0.3, 0.4) is 0 Å². The molecule has 0 atom stereocenters. The van der Waals surface area contributed by atoms with Gasteiger partial charge in [-0.2, -0.15) is 5.26 Å². The zero-order valence-corrected chi connectivity index (χ0v) is 12.4. The lowest BCUT2D eigenvalue weighted by Gasteiger charge is -2.00. The lowest BCUT2D eigenvalue weighted by Crippen LogP contribution is -1.95. The Morgan fingerprint density at radius 2 is 2.22 bits per heavy atom. The van der Waals surface area contributed by atoms with Crippen molar-refractivity contribution in [2.45, 2.75) is 13.3 Å². The number of carbonyl (C=O) groups is 1. The number of rotatable bonds is 4. The molecule has 0 spiro atoms. The largest absolute Gasteiger partial charge is 0.345 e. The van der Waals surface area contributed by atoms with Crippen LogP contribution < -0.4 is 0 Å². The van der Waals surface area contributed by atoms with Gasteiger partial charge in [0.05, 0.1) is 17.5 Å². The molecule has 3 heterocycles. The number of allylic oxidation sites excluding steroid dienone is 2. The van der Waals surface area contributed by atoms with Gasteiger partial charge in [-0.25, -0.2) is 9.97 Å². The maximum atomic E-state index is 11.3. The summed E-state index contributed by atoms with van der Waals surface area (Å²) < 4.78 is 0. The maximum absolute atomic E-state index is 11.3. The first kappa shape index (κ1) is 14.6. The van der Waals surface area contributed by atoms with Gasteiger partial charge in [-0.05, 0) is 25.5 Å². The van der Waals surface area contributed by atoms with Gasteiger partial charge < -0.3 is 4.98 Å². The van der Waals surface area contributed by atoms with Gasteiger partial charge in [0.1, 0.15) is 17.3 Å². The highest BCUT2D eigenvalue weighted by molar-refractivity contribution is 5.97. The molecule has 0 radical (unpaired) electrons. The van der Waals surface area contributed by atoms with E-state index in [2.05, 4.69) is 19.9 Å². The summed E-state index contributed by atoms with van der Waals surface area (Å²) in [6.45, 7) is 1.38. The van der Waals surface area contributed by atoms with Crippen LogP contribution in [-0.2, 0) is 11.2 Å². The van der Waals surface area contributed by atoms with E-state index in [1.807, 2.05) is 24.3 Å². The molecule has 6 heteroatoms. The number of ketones is 1. The minimum absolute atomic E-state index is 0.146. The average Bonchev–Trinajstić information content (AvgIpc) is 2.98. The molecular formula is C17H13N5O. The smallest absolute Gasteiger partial charge is 0.169 e. The van der Waals surface area contributed by atoms with Crippen molar-refractivity contribution in [2.75, 3.05) is 0 Å². The van der Waals surface area contributed by atoms with Crippen LogP contribution in [0.25, 0.3) is 22.6 Å². The minimum Gasteiger partial charge on any atom is -0.345 e. The number of carbonyl (C=O) groups excluding carboxylic acids is 1. The summed E-state index contributed by atoms with van der Waals surface area (Å²) in [6.07, 6.45) is 7.20. The Morgan fingerprint density at radius 1 is 1.35 bits per heavy atom. The molecule has 3 rings (SSSR count). The molecular weight excluding hydrogens is 290 g/mol. The fourth-order valence-corrected chi connectivity index (χ4v) is 2.22. The molecule has 0 saturated carbocycles. The molecule has 6 nitrogen and oxygen atoms in total. The van der Waals surface area contributed by atoms with Gasteiger partial charge in [-0.3, -0.25) is 9.78 Å². The van der Waals surface area contributed by atoms with Gasteiger partial charge in [0.25, 0.3) is 0 Å². The summed E-state index contributed by atoms with van der Waals surface area (Å²) in [5.74, 6) is -0.243. The fourth-order valence-electron chi connectivity index (χ4n) is 2.22. The van der Waals surface area contributed by atoms with Crippen molar-refractivity contribution in [1.82, 2.24) is 19.9 Å². The molecule has 3 aromatic heterocycles. The van der Waals surface area contributed by atoms with E-state index in [4.69, 9.17) is 5.26 Å². The van der Waals surface area contributed by atoms with Gasteiger partial charge in [0, 0.05) is 18.0 Å². The number of aromatic amines is 1. The summed E-state index contributed by atoms with van der Waals surface area (Å²) in [5.41, 5.74) is 3.81. The third-order valence-corrected chi connectivity index (χ3v) is 3.41. The van der Waals surface area contributed by atoms with E-state index in [0.29, 0.717) is 23.3 Å². The first-order valence-corrected chi connectivity index (χ1v) is 7.04. The first-order chi connectivity index (χ1) is 11.2. The molecule has 1 N–H and O–H groups in total. The summed E-state index contributed by atoms with van der Waals surface area (Å²) in [7, 11) is 0. The van der Waals surface area contributed by atoms with Gasteiger partial charge >= 0.3 is 0 Å². The van der Waals surface area contributed by atoms with E-state index in [9.17, 15) is 4.79 Å². The number of hydrogen-bond acceptors (Lipinski definition) is 5. The number of pyridine rings is 1. The number of nitrogens with one attached hydrogen (secondary N) is 1. The van der Waals surface area contributed by atoms with Crippen molar-refractivity contribution >= 4 is 16.9 Å². The van der Waals surface area contributed by atoms with Crippen molar-refractivity contribution in [3.63, 3.8) is 0 Å². The molecule has 0 fully saturated rings. The van der Waals surface area contributed by atoms with Gasteiger partial charge in [0.15, 0.2) is 11.4 Å². The molecule has 0 aliphatic rings. The second-order valence-electron chi connectivity index (χ2n) is 4.97. The first-order valence-electron chi connectivity index (χ1n) is 7.04. The number of aromatic nitrogens is 4. The van der Waals surface area contributed by atoms with Crippen molar-refractivity contribution in [1.29, 1.82) is 5.26 Å². The summed E-state index contributed by atoms with van der Waals surface area (Å²) in [5, 5.41) is 8.95. The van der Waals surface area contributed by atoms with Crippen LogP contribution in [0.1, 0.15) is 12.5 Å². The molecule has 0 amide bonds. The number of nitrogens with zero attached hydrogens (tertiary/aromatic N) is 4. The summed E-state index contributed by atoms with van der Waals surface area (Å²) >= 11 is 0. The standard InChI is InChI=1S/C17H13N5O/c1-11(23)12(8-18)5-6-13-9-20-17-16(13)22-15(10-21-17)14-4-2-3-7-19-14/h2-5,7,9-10H,6H2,1H3,(H,20,21)/b12-5+. The van der Waals surface area contributed by atoms with Crippen LogP contribution in [0.4, 0.5) is 0 Å². The highest BCUT2D eigenvalue weighted by Gasteiger charge is 2.10. The van der Waals surface area contributed by atoms with E-state index >= 15 is 0 Å². The molecule has 3 aromatic rings. The Morgan fingerprint density at radius 3 is 2.91 bits per heavy atom. The molecule has 0 aliphatic carbocycles. The summed E-state index contributed by atoms with van der Waals surface area (Å²) in [4.78, 5) is 27.6. The van der Waals surface area contributed by atoms with Crippen molar-refractivity contribution in [3.05, 3.63) is 54.0 Å². The Balaban J connectivity index is 2.00. The number of fused-ring (bicyclic) bond motifs is 1. The Labute approximate surface area is 132 Å². The third kappa shape index (κ3) is 2.99. The topological polar surface area (TPSA) is 95.3 Å². The number of H-pyrrole nitrogens is 1. The van der Waals surface area contributed by atoms with Crippen LogP contribution >= 0.6 is 0 Å². The minimum atomic E-state index is -0.243. The van der Waals surface area contributed by atoms with Crippen LogP contribution in [-0.4, -0.2) is 25.7 Å². The van der Waals surface area contributed by atoms with Crippen molar-refractivity contribution in [3.8, 4) is 17.5 Å². The van der Waals surface area contributed by atoms with E-state index in [1.165, 1.54) is 6.92 Å². The lowest BCUT2D eigenvalue weighted by atomic mass is 10.1. The van der Waals surface area contributed by atoms with Gasteiger partial charge in [-0.15, -0.1) is 0 Å². The predicted octanol–water partition coefficient (Wildman–Crippen LogP) is 2.60. The molecule has 0 bridgehead atoms. The quantitative estimate of drug-likeness (QED) is 0.590. The monoisotopic (exact) mass is 303 g/mol. The lowest BCUT2D eigenvalue weighted by molar-refractivity contribution is -0.113. The highest BCUT2D eigenvalue weighted by atomic mass is 16.1. The van der Waals surface area contributed by atoms with Gasteiger partial charge in [0.2, 0.25) is 0 Å². The Kier molecular flexibility index (Phi) is 3.93. The van der Waals surface area contributed by atoms with E-state index in [-0.39, 0.29) is 11.4 Å². The second-order valence-corrected chi connectivity index (χ2v) is 4.97. The molecule has 112 valence electrons. The third-order valence-electron chi connectivity index (χ3n) is 3.41. The van der Waals surface area contributed by atoms with Crippen molar-refractivity contribution in [2.24, 2.45) is 0 Å². The van der Waals surface area contributed by atoms with E-state index in [0.717, 1.165) is 11.3 Å².